The van der Waals surface area contributed by atoms with E-state index in [4.69, 9.17) is 10.8 Å². The van der Waals surface area contributed by atoms with Gasteiger partial charge in [-0.1, -0.05) is 37.0 Å². The minimum absolute atomic E-state index is 0.253. The Morgan fingerprint density at radius 3 is 2.88 bits per heavy atom. The van der Waals surface area contributed by atoms with E-state index >= 15 is 0 Å². The van der Waals surface area contributed by atoms with E-state index in [0.717, 1.165) is 17.7 Å². The first-order valence-electron chi connectivity index (χ1n) is 5.77. The molecule has 1 atom stereocenters. The largest absolute Gasteiger partial charge is 0.396 e. The Hall–Kier alpha value is -0.950. The Kier molecular flexibility index (Phi) is 6.80. The normalized spacial score (nSPS) is 11.7. The fourth-order valence-electron chi connectivity index (χ4n) is 1.41. The molecule has 0 saturated heterocycles. The van der Waals surface area contributed by atoms with Gasteiger partial charge in [0.25, 0.3) is 0 Å². The molecule has 17 heavy (non-hydrogen) atoms. The number of rotatable bonds is 5. The number of nitrogens with two attached hydrogens (primary N) is 1. The van der Waals surface area contributed by atoms with Crippen molar-refractivity contribution in [2.75, 3.05) is 13.2 Å². The molecule has 0 aliphatic carbocycles. The Bertz CT molecular complexity index is 395. The summed E-state index contributed by atoms with van der Waals surface area (Å²) >= 11 is 1.84. The van der Waals surface area contributed by atoms with E-state index < -0.39 is 0 Å². The summed E-state index contributed by atoms with van der Waals surface area (Å²) in [5.41, 5.74) is 7.68. The lowest BCUT2D eigenvalue weighted by atomic mass is 10.1. The maximum atomic E-state index is 8.86. The zero-order valence-electron chi connectivity index (χ0n) is 10.1. The molecule has 3 heteroatoms. The van der Waals surface area contributed by atoms with Crippen molar-refractivity contribution in [3.8, 4) is 11.8 Å². The van der Waals surface area contributed by atoms with Gasteiger partial charge in [0.05, 0.1) is 6.54 Å². The van der Waals surface area contributed by atoms with Crippen molar-refractivity contribution in [1.29, 1.82) is 0 Å². The SMILES string of the molecule is CC(CCO)SCc1ccccc1C#CCN. The Labute approximate surface area is 108 Å². The maximum Gasteiger partial charge on any atom is 0.0555 e. The van der Waals surface area contributed by atoms with Crippen LogP contribution in [0.5, 0.6) is 0 Å². The number of thioether (sulfide) groups is 1. The second kappa shape index (κ2) is 8.19. The van der Waals surface area contributed by atoms with Crippen LogP contribution >= 0.6 is 11.8 Å². The summed E-state index contributed by atoms with van der Waals surface area (Å²) in [5, 5.41) is 9.32. The van der Waals surface area contributed by atoms with Crippen molar-refractivity contribution in [2.45, 2.75) is 24.3 Å². The van der Waals surface area contributed by atoms with Crippen molar-refractivity contribution in [1.82, 2.24) is 0 Å². The first kappa shape index (κ1) is 14.1. The van der Waals surface area contributed by atoms with Crippen LogP contribution in [0.3, 0.4) is 0 Å². The second-order valence-electron chi connectivity index (χ2n) is 3.80. The molecular weight excluding hydrogens is 230 g/mol. The summed E-state index contributed by atoms with van der Waals surface area (Å²) in [7, 11) is 0. The number of aliphatic hydroxyl groups excluding tert-OH is 1. The third-order valence-electron chi connectivity index (χ3n) is 2.40. The monoisotopic (exact) mass is 249 g/mol. The van der Waals surface area contributed by atoms with Crippen LogP contribution in [0, 0.1) is 11.8 Å². The van der Waals surface area contributed by atoms with Crippen molar-refractivity contribution in [3.05, 3.63) is 35.4 Å². The molecule has 1 aromatic rings. The molecule has 0 radical (unpaired) electrons. The van der Waals surface area contributed by atoms with E-state index in [1.165, 1.54) is 5.56 Å². The maximum absolute atomic E-state index is 8.86. The van der Waals surface area contributed by atoms with Crippen molar-refractivity contribution in [2.24, 2.45) is 5.73 Å². The molecule has 1 aromatic carbocycles. The summed E-state index contributed by atoms with van der Waals surface area (Å²) in [6, 6.07) is 8.14. The standard InChI is InChI=1S/C14H19NOS/c1-12(8-10-16)17-11-14-6-3-2-5-13(14)7-4-9-15/h2-3,5-6,12,16H,8-11,15H2,1H3. The molecule has 0 bridgehead atoms. The van der Waals surface area contributed by atoms with Crippen LogP contribution in [-0.2, 0) is 5.75 Å². The lowest BCUT2D eigenvalue weighted by Crippen LogP contribution is -2.00. The van der Waals surface area contributed by atoms with Gasteiger partial charge in [0.2, 0.25) is 0 Å². The summed E-state index contributed by atoms with van der Waals surface area (Å²) in [6.45, 7) is 2.78. The van der Waals surface area contributed by atoms with E-state index in [2.05, 4.69) is 24.8 Å². The Morgan fingerprint density at radius 1 is 1.41 bits per heavy atom. The zero-order valence-corrected chi connectivity index (χ0v) is 11.0. The van der Waals surface area contributed by atoms with Crippen molar-refractivity contribution < 1.29 is 5.11 Å². The molecule has 0 fully saturated rings. The molecule has 2 nitrogen and oxygen atoms in total. The second-order valence-corrected chi connectivity index (χ2v) is 5.22. The molecule has 1 rings (SSSR count). The van der Waals surface area contributed by atoms with Gasteiger partial charge in [0.15, 0.2) is 0 Å². The van der Waals surface area contributed by atoms with Gasteiger partial charge in [-0.25, -0.2) is 0 Å². The molecule has 0 amide bonds. The lowest BCUT2D eigenvalue weighted by molar-refractivity contribution is 0.289. The molecule has 0 aliphatic heterocycles. The van der Waals surface area contributed by atoms with Gasteiger partial charge in [-0.3, -0.25) is 0 Å². The fourth-order valence-corrected chi connectivity index (χ4v) is 2.40. The number of hydrogen-bond acceptors (Lipinski definition) is 3. The fraction of sp³-hybridized carbons (Fsp3) is 0.429. The van der Waals surface area contributed by atoms with E-state index in [1.807, 2.05) is 30.0 Å². The summed E-state index contributed by atoms with van der Waals surface area (Å²) in [4.78, 5) is 0. The Balaban J connectivity index is 2.63. The molecule has 0 aromatic heterocycles. The van der Waals surface area contributed by atoms with Crippen LogP contribution in [0.4, 0.5) is 0 Å². The third-order valence-corrected chi connectivity index (χ3v) is 3.68. The molecule has 1 unspecified atom stereocenters. The topological polar surface area (TPSA) is 46.2 Å². The van der Waals surface area contributed by atoms with Crippen molar-refractivity contribution in [3.63, 3.8) is 0 Å². The summed E-state index contributed by atoms with van der Waals surface area (Å²) < 4.78 is 0. The van der Waals surface area contributed by atoms with Crippen LogP contribution in [0.15, 0.2) is 24.3 Å². The quantitative estimate of drug-likeness (QED) is 0.785. The van der Waals surface area contributed by atoms with E-state index in [0.29, 0.717) is 11.8 Å². The molecular formula is C14H19NOS. The van der Waals surface area contributed by atoms with Crippen LogP contribution in [0.1, 0.15) is 24.5 Å². The highest BCUT2D eigenvalue weighted by atomic mass is 32.2. The summed E-state index contributed by atoms with van der Waals surface area (Å²) in [5.74, 6) is 6.90. The van der Waals surface area contributed by atoms with Crippen LogP contribution in [0.2, 0.25) is 0 Å². The highest BCUT2D eigenvalue weighted by Crippen LogP contribution is 2.21. The predicted molar refractivity (Wildman–Crippen MR) is 74.8 cm³/mol. The molecule has 0 aliphatic rings. The van der Waals surface area contributed by atoms with Gasteiger partial charge in [0.1, 0.15) is 0 Å². The molecule has 0 saturated carbocycles. The Morgan fingerprint density at radius 2 is 2.18 bits per heavy atom. The highest BCUT2D eigenvalue weighted by Gasteiger charge is 2.04. The predicted octanol–water partition coefficient (Wildman–Crippen LogP) is 2.00. The number of aliphatic hydroxyl groups is 1. The van der Waals surface area contributed by atoms with E-state index in [9.17, 15) is 0 Å². The average Bonchev–Trinajstić information content (AvgIpc) is 2.35. The van der Waals surface area contributed by atoms with Gasteiger partial charge in [-0.2, -0.15) is 11.8 Å². The van der Waals surface area contributed by atoms with E-state index in [-0.39, 0.29) is 6.61 Å². The average molecular weight is 249 g/mol. The minimum Gasteiger partial charge on any atom is -0.396 e. The first-order valence-corrected chi connectivity index (χ1v) is 6.82. The van der Waals surface area contributed by atoms with Gasteiger partial charge >= 0.3 is 0 Å². The molecule has 92 valence electrons. The lowest BCUT2D eigenvalue weighted by Gasteiger charge is -2.10. The van der Waals surface area contributed by atoms with Gasteiger partial charge in [-0.05, 0) is 18.1 Å². The van der Waals surface area contributed by atoms with Crippen LogP contribution in [0.25, 0.3) is 0 Å². The van der Waals surface area contributed by atoms with Crippen LogP contribution < -0.4 is 5.73 Å². The minimum atomic E-state index is 0.253. The summed E-state index contributed by atoms with van der Waals surface area (Å²) in [6.07, 6.45) is 0.835. The van der Waals surface area contributed by atoms with Crippen LogP contribution in [-0.4, -0.2) is 23.5 Å². The van der Waals surface area contributed by atoms with Gasteiger partial charge in [-0.15, -0.1) is 0 Å². The number of benzene rings is 1. The third kappa shape index (κ3) is 5.27. The highest BCUT2D eigenvalue weighted by molar-refractivity contribution is 7.99. The first-order chi connectivity index (χ1) is 8.27. The smallest absolute Gasteiger partial charge is 0.0555 e. The molecule has 3 N–H and O–H groups in total. The zero-order chi connectivity index (χ0) is 12.5. The molecule has 0 heterocycles. The van der Waals surface area contributed by atoms with Gasteiger partial charge in [0, 0.05) is 23.2 Å². The van der Waals surface area contributed by atoms with Gasteiger partial charge < -0.3 is 10.8 Å². The van der Waals surface area contributed by atoms with Crippen molar-refractivity contribution >= 4 is 11.8 Å². The number of hydrogen-bond donors (Lipinski definition) is 2. The van der Waals surface area contributed by atoms with E-state index in [1.54, 1.807) is 0 Å². The molecule has 0 spiro atoms.